The van der Waals surface area contributed by atoms with Crippen LogP contribution in [0.3, 0.4) is 0 Å². The van der Waals surface area contributed by atoms with E-state index in [2.05, 4.69) is 0 Å². The average Bonchev–Trinajstić information content (AvgIpc) is 3.28. The Bertz CT molecular complexity index is 613. The number of nitrogens with two attached hydrogens (primary N) is 1. The minimum absolute atomic E-state index is 0.143. The van der Waals surface area contributed by atoms with E-state index >= 15 is 0 Å². The monoisotopic (exact) mass is 345 g/mol. The summed E-state index contributed by atoms with van der Waals surface area (Å²) in [6.07, 6.45) is 5.06. The maximum Gasteiger partial charge on any atom is 0.313 e. The number of esters is 1. The van der Waals surface area contributed by atoms with E-state index in [1.807, 2.05) is 31.2 Å². The lowest BCUT2D eigenvalue weighted by Crippen LogP contribution is -2.41. The second-order valence-electron chi connectivity index (χ2n) is 7.15. The fraction of sp³-hybridized carbons (Fsp3) is 0.600. The summed E-state index contributed by atoms with van der Waals surface area (Å²) in [6, 6.07) is 7.77. The third-order valence-corrected chi connectivity index (χ3v) is 5.73. The normalized spacial score (nSPS) is 25.0. The van der Waals surface area contributed by atoms with Crippen molar-refractivity contribution in [3.8, 4) is 0 Å². The molecule has 25 heavy (non-hydrogen) atoms. The van der Waals surface area contributed by atoms with Crippen molar-refractivity contribution in [1.82, 2.24) is 0 Å². The minimum atomic E-state index is -0.745. The third-order valence-electron chi connectivity index (χ3n) is 5.73. The summed E-state index contributed by atoms with van der Waals surface area (Å²) in [6.45, 7) is 3.09. The summed E-state index contributed by atoms with van der Waals surface area (Å²) < 4.78 is 10.8. The highest BCUT2D eigenvalue weighted by molar-refractivity contribution is 5.87. The first-order valence-electron chi connectivity index (χ1n) is 9.23. The van der Waals surface area contributed by atoms with Crippen LogP contribution in [0, 0.1) is 5.92 Å². The first-order valence-corrected chi connectivity index (χ1v) is 9.23. The first-order chi connectivity index (χ1) is 12.1. The second-order valence-corrected chi connectivity index (χ2v) is 7.15. The molecule has 1 amide bonds. The molecule has 3 rings (SSSR count). The maximum absolute atomic E-state index is 12.5. The summed E-state index contributed by atoms with van der Waals surface area (Å²) in [5.41, 5.74) is 6.75. The first kappa shape index (κ1) is 17.9. The molecular formula is C20H27NO4. The number of ether oxygens (including phenoxy) is 2. The minimum Gasteiger partial charge on any atom is -0.466 e. The van der Waals surface area contributed by atoms with Crippen molar-refractivity contribution in [2.75, 3.05) is 19.8 Å². The number of amides is 1. The van der Waals surface area contributed by atoms with Gasteiger partial charge in [-0.3, -0.25) is 9.59 Å². The van der Waals surface area contributed by atoms with Crippen molar-refractivity contribution in [3.63, 3.8) is 0 Å². The van der Waals surface area contributed by atoms with Gasteiger partial charge in [0, 0.05) is 6.61 Å². The van der Waals surface area contributed by atoms with Crippen molar-refractivity contribution in [3.05, 3.63) is 35.4 Å². The molecule has 0 radical (unpaired) electrons. The maximum atomic E-state index is 12.5. The molecule has 1 saturated carbocycles. The predicted molar refractivity (Wildman–Crippen MR) is 94.1 cm³/mol. The summed E-state index contributed by atoms with van der Waals surface area (Å²) in [5.74, 6) is -0.378. The van der Waals surface area contributed by atoms with E-state index in [1.165, 1.54) is 12.8 Å². The number of hydrogen-bond acceptors (Lipinski definition) is 4. The van der Waals surface area contributed by atoms with E-state index in [-0.39, 0.29) is 17.8 Å². The standard InChI is InChI=1S/C20H27NO4/c1-2-25-18(22)17(14-5-3-4-6-14)15-7-9-16(10-8-15)20(19(21)23)11-12-24-13-20/h7-10,14,17H,2-6,11-13H2,1H3,(H2,21,23). The quantitative estimate of drug-likeness (QED) is 0.804. The number of hydrogen-bond donors (Lipinski definition) is 1. The van der Waals surface area contributed by atoms with Gasteiger partial charge >= 0.3 is 5.97 Å². The number of benzene rings is 1. The highest BCUT2D eigenvalue weighted by Crippen LogP contribution is 2.39. The Morgan fingerprint density at radius 2 is 1.96 bits per heavy atom. The fourth-order valence-electron chi connectivity index (χ4n) is 4.26. The van der Waals surface area contributed by atoms with E-state index in [1.54, 1.807) is 0 Å². The van der Waals surface area contributed by atoms with Crippen LogP contribution in [0.25, 0.3) is 0 Å². The molecule has 1 aliphatic heterocycles. The molecule has 136 valence electrons. The van der Waals surface area contributed by atoms with Crippen molar-refractivity contribution < 1.29 is 19.1 Å². The van der Waals surface area contributed by atoms with Crippen LogP contribution in [0.15, 0.2) is 24.3 Å². The number of rotatable bonds is 6. The number of primary amides is 1. The van der Waals surface area contributed by atoms with Crippen molar-refractivity contribution in [2.45, 2.75) is 50.4 Å². The van der Waals surface area contributed by atoms with Crippen LogP contribution >= 0.6 is 0 Å². The zero-order chi connectivity index (χ0) is 17.9. The zero-order valence-corrected chi connectivity index (χ0v) is 14.8. The van der Waals surface area contributed by atoms with Crippen molar-refractivity contribution in [1.29, 1.82) is 0 Å². The van der Waals surface area contributed by atoms with Gasteiger partial charge in [0.15, 0.2) is 0 Å². The molecule has 2 aliphatic rings. The molecule has 0 aromatic heterocycles. The Labute approximate surface area is 148 Å². The van der Waals surface area contributed by atoms with Gasteiger partial charge in [-0.1, -0.05) is 37.1 Å². The smallest absolute Gasteiger partial charge is 0.313 e. The molecule has 2 atom stereocenters. The van der Waals surface area contributed by atoms with Crippen LogP contribution < -0.4 is 5.73 Å². The summed E-state index contributed by atoms with van der Waals surface area (Å²) in [4.78, 5) is 24.5. The molecule has 2 fully saturated rings. The lowest BCUT2D eigenvalue weighted by molar-refractivity contribution is -0.146. The molecule has 0 bridgehead atoms. The second kappa shape index (κ2) is 7.56. The van der Waals surface area contributed by atoms with Crippen LogP contribution in [0.4, 0.5) is 0 Å². The topological polar surface area (TPSA) is 78.6 Å². The van der Waals surface area contributed by atoms with Crippen LogP contribution in [-0.4, -0.2) is 31.7 Å². The largest absolute Gasteiger partial charge is 0.466 e. The van der Waals surface area contributed by atoms with E-state index in [0.29, 0.717) is 32.2 Å². The Morgan fingerprint density at radius 1 is 1.28 bits per heavy atom. The molecule has 1 saturated heterocycles. The Morgan fingerprint density at radius 3 is 2.48 bits per heavy atom. The van der Waals surface area contributed by atoms with Gasteiger partial charge in [0.1, 0.15) is 0 Å². The lowest BCUT2D eigenvalue weighted by atomic mass is 9.77. The summed E-state index contributed by atoms with van der Waals surface area (Å²) in [7, 11) is 0. The molecular weight excluding hydrogens is 318 g/mol. The van der Waals surface area contributed by atoms with E-state index in [9.17, 15) is 9.59 Å². The highest BCUT2D eigenvalue weighted by Gasteiger charge is 2.42. The third kappa shape index (κ3) is 3.43. The van der Waals surface area contributed by atoms with Gasteiger partial charge in [0.2, 0.25) is 5.91 Å². The summed E-state index contributed by atoms with van der Waals surface area (Å²) >= 11 is 0. The van der Waals surface area contributed by atoms with Gasteiger partial charge in [-0.25, -0.2) is 0 Å². The molecule has 1 heterocycles. The summed E-state index contributed by atoms with van der Waals surface area (Å²) in [5, 5.41) is 0. The van der Waals surface area contributed by atoms with Gasteiger partial charge in [0.25, 0.3) is 0 Å². The molecule has 1 aromatic carbocycles. The Hall–Kier alpha value is -1.88. The van der Waals surface area contributed by atoms with Crippen molar-refractivity contribution >= 4 is 11.9 Å². The molecule has 2 N–H and O–H groups in total. The van der Waals surface area contributed by atoms with Crippen LogP contribution in [0.5, 0.6) is 0 Å². The molecule has 5 nitrogen and oxygen atoms in total. The molecule has 5 heteroatoms. The molecule has 1 aliphatic carbocycles. The van der Waals surface area contributed by atoms with Gasteiger partial charge in [-0.05, 0) is 43.2 Å². The number of carbonyl (C=O) groups excluding carboxylic acids is 2. The SMILES string of the molecule is CCOC(=O)C(c1ccc(C2(C(N)=O)CCOC2)cc1)C1CCCC1. The Balaban J connectivity index is 1.88. The van der Waals surface area contributed by atoms with Crippen LogP contribution in [0.2, 0.25) is 0 Å². The van der Waals surface area contributed by atoms with Crippen molar-refractivity contribution in [2.24, 2.45) is 11.7 Å². The van der Waals surface area contributed by atoms with E-state index in [4.69, 9.17) is 15.2 Å². The predicted octanol–water partition coefficient (Wildman–Crippen LogP) is 2.67. The fourth-order valence-corrected chi connectivity index (χ4v) is 4.26. The molecule has 1 aromatic rings. The van der Waals surface area contributed by atoms with Crippen LogP contribution in [0.1, 0.15) is 56.1 Å². The van der Waals surface area contributed by atoms with Crippen LogP contribution in [-0.2, 0) is 24.5 Å². The lowest BCUT2D eigenvalue weighted by Gasteiger charge is -2.26. The van der Waals surface area contributed by atoms with E-state index < -0.39 is 5.41 Å². The van der Waals surface area contributed by atoms with E-state index in [0.717, 1.165) is 24.0 Å². The number of carbonyl (C=O) groups is 2. The van der Waals surface area contributed by atoms with Gasteiger partial charge in [-0.15, -0.1) is 0 Å². The highest BCUT2D eigenvalue weighted by atomic mass is 16.5. The van der Waals surface area contributed by atoms with Gasteiger partial charge < -0.3 is 15.2 Å². The van der Waals surface area contributed by atoms with Gasteiger partial charge in [-0.2, -0.15) is 0 Å². The average molecular weight is 345 g/mol. The molecule has 0 spiro atoms. The van der Waals surface area contributed by atoms with Gasteiger partial charge in [0.05, 0.1) is 24.5 Å². The Kier molecular flexibility index (Phi) is 5.42. The zero-order valence-electron chi connectivity index (χ0n) is 14.8. The molecule has 2 unspecified atom stereocenters.